The number of carbonyl (C=O) groups is 1. The van der Waals surface area contributed by atoms with Gasteiger partial charge in [0.05, 0.1) is 11.1 Å². The van der Waals surface area contributed by atoms with Crippen LogP contribution in [-0.4, -0.2) is 69.6 Å². The van der Waals surface area contributed by atoms with E-state index < -0.39 is 0 Å². The van der Waals surface area contributed by atoms with E-state index in [9.17, 15) is 4.79 Å². The van der Waals surface area contributed by atoms with E-state index >= 15 is 0 Å². The number of benzene rings is 1. The number of allylic oxidation sites excluding steroid dienone is 2. The Morgan fingerprint density at radius 2 is 1.79 bits per heavy atom. The maximum absolute atomic E-state index is 12.1. The van der Waals surface area contributed by atoms with Crippen LogP contribution < -0.4 is 10.5 Å². The van der Waals surface area contributed by atoms with Crippen LogP contribution in [0, 0.1) is 5.41 Å². The van der Waals surface area contributed by atoms with E-state index in [0.717, 1.165) is 79.6 Å². The number of piperidine rings is 1. The summed E-state index contributed by atoms with van der Waals surface area (Å²) in [6.07, 6.45) is 13.2. The minimum absolute atomic E-state index is 0.0451. The van der Waals surface area contributed by atoms with Crippen molar-refractivity contribution in [3.63, 3.8) is 0 Å². The number of anilines is 1. The van der Waals surface area contributed by atoms with Gasteiger partial charge in [-0.05, 0) is 92.8 Å². The van der Waals surface area contributed by atoms with Crippen LogP contribution in [0.3, 0.4) is 0 Å². The van der Waals surface area contributed by atoms with Crippen LogP contribution in [0.15, 0.2) is 49.3 Å². The summed E-state index contributed by atoms with van der Waals surface area (Å²) in [6.45, 7) is 13.3. The highest BCUT2D eigenvalue weighted by Crippen LogP contribution is 2.48. The fourth-order valence-electron chi connectivity index (χ4n) is 6.89. The summed E-state index contributed by atoms with van der Waals surface area (Å²) in [5, 5.41) is 0.903. The van der Waals surface area contributed by atoms with Gasteiger partial charge in [-0.1, -0.05) is 38.6 Å². The Bertz CT molecular complexity index is 1430. The first-order valence-corrected chi connectivity index (χ1v) is 15.6. The summed E-state index contributed by atoms with van der Waals surface area (Å²) < 4.78 is 8.26. The molecule has 8 nitrogen and oxygen atoms in total. The van der Waals surface area contributed by atoms with Crippen molar-refractivity contribution in [3.8, 4) is 16.9 Å². The zero-order valence-electron chi connectivity index (χ0n) is 25.6. The van der Waals surface area contributed by atoms with E-state index in [2.05, 4.69) is 63.4 Å². The first kappa shape index (κ1) is 29.8. The van der Waals surface area contributed by atoms with Gasteiger partial charge in [0.1, 0.15) is 30.1 Å². The van der Waals surface area contributed by atoms with Gasteiger partial charge in [-0.3, -0.25) is 9.69 Å². The van der Waals surface area contributed by atoms with Crippen LogP contribution in [0.4, 0.5) is 5.82 Å². The normalized spacial score (nSPS) is 18.5. The fourth-order valence-corrected chi connectivity index (χ4v) is 6.89. The molecule has 1 aliphatic carbocycles. The molecule has 6 rings (SSSR count). The highest BCUT2D eigenvalue weighted by molar-refractivity contribution is 6.06. The number of carbonyl (C=O) groups excluding carboxylic acids is 1. The molecule has 0 atom stereocenters. The van der Waals surface area contributed by atoms with E-state index in [0.29, 0.717) is 12.4 Å². The lowest BCUT2D eigenvalue weighted by Crippen LogP contribution is -2.43. The molecule has 0 bridgehead atoms. The third-order valence-electron chi connectivity index (χ3n) is 9.34. The number of nitrogen functional groups attached to an aromatic ring is 1. The molecular weight excluding hydrogens is 524 g/mol. The third-order valence-corrected chi connectivity index (χ3v) is 9.34. The van der Waals surface area contributed by atoms with Crippen molar-refractivity contribution in [2.45, 2.75) is 58.8 Å². The summed E-state index contributed by atoms with van der Waals surface area (Å²) in [5.74, 6) is 1.43. The lowest BCUT2D eigenvalue weighted by Gasteiger charge is -2.43. The number of nitrogens with two attached hydrogens (primary N) is 1. The number of ether oxygens (including phenoxy) is 1. The van der Waals surface area contributed by atoms with Crippen LogP contribution in [0.25, 0.3) is 27.7 Å². The van der Waals surface area contributed by atoms with Crippen molar-refractivity contribution in [1.29, 1.82) is 0 Å². The molecule has 1 spiro atoms. The Hall–Kier alpha value is -3.65. The maximum Gasteiger partial charge on any atom is 0.245 e. The second-order valence-electron chi connectivity index (χ2n) is 11.6. The Morgan fingerprint density at radius 3 is 2.43 bits per heavy atom. The molecule has 2 aliphatic heterocycles. The second kappa shape index (κ2) is 13.1. The third kappa shape index (κ3) is 5.95. The maximum atomic E-state index is 12.1. The number of aromatic nitrogens is 3. The van der Waals surface area contributed by atoms with E-state index in [1.165, 1.54) is 43.3 Å². The standard InChI is InChI=1S/C32H40N6O2.C2H6/c1-3-26(39)38-18-14-32(15-19-38)12-10-24(11-13-32)29-27(28-30(33)34-22-35-31(28)36(29)2)23-6-8-25(9-7-23)40-21-20-37-16-4-5-17-37;1-2/h3,6-10,22H,1,4-5,11-21H2,2H3,(H2,33,34,35);1-2H3. The van der Waals surface area contributed by atoms with Crippen molar-refractivity contribution >= 4 is 28.3 Å². The molecule has 3 aromatic rings. The highest BCUT2D eigenvalue weighted by Gasteiger charge is 2.37. The first-order chi connectivity index (χ1) is 20.5. The topological polar surface area (TPSA) is 89.5 Å². The van der Waals surface area contributed by atoms with Gasteiger partial charge in [-0.25, -0.2) is 9.97 Å². The lowest BCUT2D eigenvalue weighted by molar-refractivity contribution is -0.128. The number of hydrogen-bond acceptors (Lipinski definition) is 6. The van der Waals surface area contributed by atoms with E-state index in [4.69, 9.17) is 10.5 Å². The zero-order valence-corrected chi connectivity index (χ0v) is 25.6. The van der Waals surface area contributed by atoms with Gasteiger partial charge in [0.25, 0.3) is 0 Å². The fraction of sp³-hybridized carbons (Fsp3) is 0.500. The molecule has 8 heteroatoms. The average Bonchev–Trinajstić information content (AvgIpc) is 3.66. The molecule has 2 fully saturated rings. The van der Waals surface area contributed by atoms with E-state index in [-0.39, 0.29) is 11.3 Å². The van der Waals surface area contributed by atoms with Gasteiger partial charge in [-0.2, -0.15) is 0 Å². The monoisotopic (exact) mass is 570 g/mol. The zero-order chi connectivity index (χ0) is 29.7. The highest BCUT2D eigenvalue weighted by atomic mass is 16.5. The van der Waals surface area contributed by atoms with Gasteiger partial charge >= 0.3 is 0 Å². The molecule has 2 N–H and O–H groups in total. The van der Waals surface area contributed by atoms with Crippen LogP contribution >= 0.6 is 0 Å². The minimum Gasteiger partial charge on any atom is -0.492 e. The Labute approximate surface area is 250 Å². The van der Waals surface area contributed by atoms with Crippen molar-refractivity contribution in [3.05, 3.63) is 55.0 Å². The van der Waals surface area contributed by atoms with Crippen LogP contribution in [0.2, 0.25) is 0 Å². The Kier molecular flexibility index (Phi) is 9.31. The summed E-state index contributed by atoms with van der Waals surface area (Å²) in [7, 11) is 2.08. The SMILES string of the molecule is C=CC(=O)N1CCC2(CC=C(c3c(-c4ccc(OCCN5CCCC5)cc4)c4c(N)ncnc4n3C)CC2)CC1.CC. The van der Waals surface area contributed by atoms with Gasteiger partial charge in [-0.15, -0.1) is 0 Å². The smallest absolute Gasteiger partial charge is 0.245 e. The predicted octanol–water partition coefficient (Wildman–Crippen LogP) is 6.08. The predicted molar refractivity (Wildman–Crippen MR) is 171 cm³/mol. The second-order valence-corrected chi connectivity index (χ2v) is 11.6. The number of rotatable bonds is 7. The van der Waals surface area contributed by atoms with Crippen molar-refractivity contribution < 1.29 is 9.53 Å². The van der Waals surface area contributed by atoms with Crippen molar-refractivity contribution in [1.82, 2.24) is 24.3 Å². The summed E-state index contributed by atoms with van der Waals surface area (Å²) in [4.78, 5) is 25.5. The Balaban J connectivity index is 0.00000173. The lowest BCUT2D eigenvalue weighted by atomic mass is 9.68. The average molecular weight is 571 g/mol. The van der Waals surface area contributed by atoms with E-state index in [1.807, 2.05) is 18.7 Å². The van der Waals surface area contributed by atoms with Gasteiger partial charge in [0.2, 0.25) is 5.91 Å². The van der Waals surface area contributed by atoms with Gasteiger partial charge < -0.3 is 19.9 Å². The number of aryl methyl sites for hydroxylation is 1. The van der Waals surface area contributed by atoms with Crippen molar-refractivity contribution in [2.75, 3.05) is 45.1 Å². The molecule has 2 aromatic heterocycles. The molecule has 0 unspecified atom stereocenters. The number of fused-ring (bicyclic) bond motifs is 1. The summed E-state index contributed by atoms with van der Waals surface area (Å²) in [6, 6.07) is 8.38. The summed E-state index contributed by atoms with van der Waals surface area (Å²) >= 11 is 0. The molecular formula is C34H46N6O2. The molecule has 0 radical (unpaired) electrons. The minimum atomic E-state index is 0.0451. The molecule has 4 heterocycles. The van der Waals surface area contributed by atoms with Crippen molar-refractivity contribution in [2.24, 2.45) is 12.5 Å². The van der Waals surface area contributed by atoms with Crippen LogP contribution in [-0.2, 0) is 11.8 Å². The molecule has 1 amide bonds. The first-order valence-electron chi connectivity index (χ1n) is 15.6. The number of hydrogen-bond donors (Lipinski definition) is 1. The van der Waals surface area contributed by atoms with Crippen LogP contribution in [0.5, 0.6) is 5.75 Å². The number of amides is 1. The van der Waals surface area contributed by atoms with Gasteiger partial charge in [0, 0.05) is 32.2 Å². The molecule has 42 heavy (non-hydrogen) atoms. The molecule has 3 aliphatic rings. The Morgan fingerprint density at radius 1 is 1.07 bits per heavy atom. The van der Waals surface area contributed by atoms with E-state index in [1.54, 1.807) is 6.33 Å². The molecule has 224 valence electrons. The quantitative estimate of drug-likeness (QED) is 0.346. The number of nitrogens with zero attached hydrogens (tertiary/aromatic N) is 5. The van der Waals surface area contributed by atoms with Crippen LogP contribution in [0.1, 0.15) is 64.5 Å². The molecule has 0 saturated carbocycles. The number of likely N-dealkylation sites (tertiary alicyclic amines) is 2. The molecule has 1 aromatic carbocycles. The largest absolute Gasteiger partial charge is 0.492 e. The summed E-state index contributed by atoms with van der Waals surface area (Å²) in [5.41, 5.74) is 12.3. The van der Waals surface area contributed by atoms with Gasteiger partial charge in [0.15, 0.2) is 0 Å². The molecule has 2 saturated heterocycles.